The van der Waals surface area contributed by atoms with Gasteiger partial charge in [0.05, 0.1) is 6.61 Å². The van der Waals surface area contributed by atoms with Crippen molar-refractivity contribution >= 4 is 5.97 Å². The van der Waals surface area contributed by atoms with E-state index < -0.39 is 11.6 Å². The molecule has 2 aromatic carbocycles. The molecule has 6 nitrogen and oxygen atoms in total. The van der Waals surface area contributed by atoms with Crippen molar-refractivity contribution in [1.29, 1.82) is 0 Å². The van der Waals surface area contributed by atoms with Crippen molar-refractivity contribution in [2.24, 2.45) is 23.7 Å². The molecule has 2 aliphatic heterocycles. The number of fused-ring (bicyclic) bond motifs is 2. The summed E-state index contributed by atoms with van der Waals surface area (Å²) in [6, 6.07) is 15.5. The molecular weight excluding hydrogens is 418 g/mol. The second kappa shape index (κ2) is 8.33. The predicted molar refractivity (Wildman–Crippen MR) is 122 cm³/mol. The molecule has 4 aliphatic rings. The molecule has 2 unspecified atom stereocenters. The molecule has 3 fully saturated rings. The van der Waals surface area contributed by atoms with Crippen LogP contribution in [0.5, 0.6) is 11.5 Å². The summed E-state index contributed by atoms with van der Waals surface area (Å²) in [5, 5.41) is 11.6. The molecule has 6 heteroatoms. The van der Waals surface area contributed by atoms with Gasteiger partial charge < -0.3 is 19.3 Å². The normalized spacial score (nSPS) is 27.8. The highest BCUT2D eigenvalue weighted by atomic mass is 16.7. The molecule has 2 aromatic rings. The maximum absolute atomic E-state index is 13.2. The molecule has 174 valence electrons. The van der Waals surface area contributed by atoms with Crippen molar-refractivity contribution in [3.05, 3.63) is 59.7 Å². The molecule has 0 bridgehead atoms. The lowest BCUT2D eigenvalue weighted by molar-refractivity contribution is -0.174. The molecule has 0 aromatic heterocycles. The highest BCUT2D eigenvalue weighted by Gasteiger charge is 2.56. The first-order valence-electron chi connectivity index (χ1n) is 12.2. The van der Waals surface area contributed by atoms with Crippen molar-refractivity contribution in [1.82, 2.24) is 4.90 Å². The smallest absolute Gasteiger partial charge is 0.343 e. The lowest BCUT2D eigenvalue weighted by Crippen LogP contribution is -2.43. The van der Waals surface area contributed by atoms with Gasteiger partial charge in [-0.15, -0.1) is 0 Å². The quantitative estimate of drug-likeness (QED) is 0.650. The fourth-order valence-electron chi connectivity index (χ4n) is 6.25. The molecule has 2 aliphatic carbocycles. The van der Waals surface area contributed by atoms with Gasteiger partial charge in [-0.3, -0.25) is 4.90 Å². The first-order chi connectivity index (χ1) is 16.1. The standard InChI is InChI=1S/C27H31NO5/c29-26(27(30,20-8-4-5-9-20)19-6-2-1-3-7-19)31-16-23-21-14-28(15-22(21)23)13-18-10-11-24-25(12-18)33-17-32-24/h1-3,6-7,10-12,20-23,30H,4-5,8-9,13-17H2/t21-,22+,23?,27?. The number of piperidine rings is 1. The number of esters is 1. The van der Waals surface area contributed by atoms with Gasteiger partial charge in [0, 0.05) is 31.5 Å². The van der Waals surface area contributed by atoms with E-state index in [1.807, 2.05) is 36.4 Å². The summed E-state index contributed by atoms with van der Waals surface area (Å²) < 4.78 is 16.7. The molecule has 0 amide bonds. The number of carbonyl (C=O) groups is 1. The van der Waals surface area contributed by atoms with Gasteiger partial charge in [0.1, 0.15) is 0 Å². The topological polar surface area (TPSA) is 68.2 Å². The Morgan fingerprint density at radius 1 is 1.03 bits per heavy atom. The largest absolute Gasteiger partial charge is 0.463 e. The van der Waals surface area contributed by atoms with Crippen LogP contribution in [0, 0.1) is 23.7 Å². The molecule has 2 heterocycles. The number of rotatable bonds is 7. The highest BCUT2D eigenvalue weighted by Crippen LogP contribution is 2.52. The molecule has 1 saturated heterocycles. The maximum atomic E-state index is 13.2. The van der Waals surface area contributed by atoms with E-state index in [-0.39, 0.29) is 5.92 Å². The number of ether oxygens (including phenoxy) is 3. The molecule has 6 rings (SSSR count). The predicted octanol–water partition coefficient (Wildman–Crippen LogP) is 3.71. The fraction of sp³-hybridized carbons (Fsp3) is 0.519. The number of aliphatic hydroxyl groups is 1. The van der Waals surface area contributed by atoms with E-state index in [4.69, 9.17) is 14.2 Å². The first kappa shape index (κ1) is 21.0. The molecule has 4 atom stereocenters. The van der Waals surface area contributed by atoms with E-state index in [0.29, 0.717) is 36.7 Å². The summed E-state index contributed by atoms with van der Waals surface area (Å²) in [7, 11) is 0. The van der Waals surface area contributed by atoms with Gasteiger partial charge in [0.2, 0.25) is 6.79 Å². The van der Waals surface area contributed by atoms with Crippen molar-refractivity contribution in [3.8, 4) is 11.5 Å². The Kier molecular flexibility index (Phi) is 5.30. The van der Waals surface area contributed by atoms with Crippen LogP contribution in [0.1, 0.15) is 36.8 Å². The minimum Gasteiger partial charge on any atom is -0.463 e. The number of likely N-dealkylation sites (tertiary alicyclic amines) is 1. The van der Waals surface area contributed by atoms with Crippen LogP contribution in [-0.4, -0.2) is 42.5 Å². The van der Waals surface area contributed by atoms with Gasteiger partial charge in [0.15, 0.2) is 17.1 Å². The Balaban J connectivity index is 1.04. The van der Waals surface area contributed by atoms with Crippen LogP contribution in [0.15, 0.2) is 48.5 Å². The van der Waals surface area contributed by atoms with E-state index in [9.17, 15) is 9.90 Å². The first-order valence-corrected chi connectivity index (χ1v) is 12.2. The minimum absolute atomic E-state index is 0.0664. The second-order valence-corrected chi connectivity index (χ2v) is 10.1. The molecule has 33 heavy (non-hydrogen) atoms. The van der Waals surface area contributed by atoms with Crippen molar-refractivity contribution in [2.75, 3.05) is 26.5 Å². The van der Waals surface area contributed by atoms with E-state index in [0.717, 1.165) is 56.8 Å². The van der Waals surface area contributed by atoms with E-state index in [1.54, 1.807) is 0 Å². The van der Waals surface area contributed by atoms with Crippen LogP contribution in [-0.2, 0) is 21.7 Å². The van der Waals surface area contributed by atoms with Crippen LogP contribution in [0.4, 0.5) is 0 Å². The maximum Gasteiger partial charge on any atom is 0.343 e. The summed E-state index contributed by atoms with van der Waals surface area (Å²) in [6.45, 7) is 3.65. The fourth-order valence-corrected chi connectivity index (χ4v) is 6.25. The minimum atomic E-state index is -1.53. The zero-order chi connectivity index (χ0) is 22.4. The molecule has 0 radical (unpaired) electrons. The number of benzene rings is 2. The van der Waals surface area contributed by atoms with Gasteiger partial charge in [0.25, 0.3) is 0 Å². The van der Waals surface area contributed by atoms with Crippen LogP contribution in [0.2, 0.25) is 0 Å². The molecule has 1 N–H and O–H groups in total. The number of hydrogen-bond donors (Lipinski definition) is 1. The SMILES string of the molecule is O=C(OCC1[C@H]2CN(Cc3ccc4c(c3)OCO4)C[C@@H]12)C(O)(c1ccccc1)C1CCCC1. The van der Waals surface area contributed by atoms with Crippen molar-refractivity contribution < 1.29 is 24.1 Å². The summed E-state index contributed by atoms with van der Waals surface area (Å²) in [5.41, 5.74) is 0.355. The number of carbonyl (C=O) groups excluding carboxylic acids is 1. The van der Waals surface area contributed by atoms with Gasteiger partial charge in [-0.25, -0.2) is 4.79 Å². The summed E-state index contributed by atoms with van der Waals surface area (Å²) in [6.07, 6.45) is 3.84. The van der Waals surface area contributed by atoms with Crippen LogP contribution in [0.3, 0.4) is 0 Å². The Hall–Kier alpha value is -2.57. The monoisotopic (exact) mass is 449 g/mol. The van der Waals surface area contributed by atoms with Crippen LogP contribution >= 0.6 is 0 Å². The average molecular weight is 450 g/mol. The van der Waals surface area contributed by atoms with Crippen LogP contribution < -0.4 is 9.47 Å². The van der Waals surface area contributed by atoms with Crippen molar-refractivity contribution in [3.63, 3.8) is 0 Å². The summed E-state index contributed by atoms with van der Waals surface area (Å²) >= 11 is 0. The van der Waals surface area contributed by atoms with E-state index in [2.05, 4.69) is 17.0 Å². The van der Waals surface area contributed by atoms with Gasteiger partial charge in [-0.1, -0.05) is 49.2 Å². The Morgan fingerprint density at radius 3 is 2.52 bits per heavy atom. The molecule has 2 saturated carbocycles. The Morgan fingerprint density at radius 2 is 1.76 bits per heavy atom. The zero-order valence-corrected chi connectivity index (χ0v) is 18.8. The second-order valence-electron chi connectivity index (χ2n) is 10.1. The van der Waals surface area contributed by atoms with Crippen LogP contribution in [0.25, 0.3) is 0 Å². The summed E-state index contributed by atoms with van der Waals surface area (Å²) in [5.74, 6) is 2.66. The number of hydrogen-bond acceptors (Lipinski definition) is 6. The lowest BCUT2D eigenvalue weighted by Gasteiger charge is -2.32. The van der Waals surface area contributed by atoms with Crippen molar-refractivity contribution in [2.45, 2.75) is 37.8 Å². The third-order valence-corrected chi connectivity index (χ3v) is 8.17. The Labute approximate surface area is 194 Å². The lowest BCUT2D eigenvalue weighted by atomic mass is 9.80. The van der Waals surface area contributed by atoms with E-state index >= 15 is 0 Å². The highest BCUT2D eigenvalue weighted by molar-refractivity contribution is 5.81. The van der Waals surface area contributed by atoms with E-state index in [1.165, 1.54) is 5.56 Å². The zero-order valence-electron chi connectivity index (χ0n) is 18.8. The van der Waals surface area contributed by atoms with Gasteiger partial charge in [-0.05, 0) is 47.9 Å². The summed E-state index contributed by atoms with van der Waals surface area (Å²) in [4.78, 5) is 15.7. The third kappa shape index (κ3) is 3.79. The van der Waals surface area contributed by atoms with Gasteiger partial charge in [-0.2, -0.15) is 0 Å². The van der Waals surface area contributed by atoms with Gasteiger partial charge >= 0.3 is 5.97 Å². The Bertz CT molecular complexity index is 1010. The average Bonchev–Trinajstić information content (AvgIpc) is 3.38. The number of nitrogens with zero attached hydrogens (tertiary/aromatic N) is 1. The third-order valence-electron chi connectivity index (χ3n) is 8.17. The molecular formula is C27H31NO5. The molecule has 0 spiro atoms.